The van der Waals surface area contributed by atoms with Crippen molar-refractivity contribution in [3.8, 4) is 39.4 Å². The lowest BCUT2D eigenvalue weighted by molar-refractivity contribution is -0.163. The summed E-state index contributed by atoms with van der Waals surface area (Å²) in [5.41, 5.74) is 4.79. The molecule has 0 fully saturated rings. The topological polar surface area (TPSA) is 183 Å². The largest absolute Gasteiger partial charge is 0.494 e. The van der Waals surface area contributed by atoms with Crippen molar-refractivity contribution in [3.05, 3.63) is 148 Å². The third-order valence-corrected chi connectivity index (χ3v) is 13.2. The minimum Gasteiger partial charge on any atom is -0.494 e. The van der Waals surface area contributed by atoms with E-state index in [1.54, 1.807) is 102 Å². The summed E-state index contributed by atoms with van der Waals surface area (Å²) in [6, 6.07) is 19.1. The van der Waals surface area contributed by atoms with E-state index < -0.39 is 67.6 Å². The van der Waals surface area contributed by atoms with Gasteiger partial charge in [-0.3, -0.25) is 47.2 Å². The van der Waals surface area contributed by atoms with Crippen LogP contribution in [0.2, 0.25) is 5.02 Å². The molecule has 0 bridgehead atoms. The number of nitrogens with zero attached hydrogens (tertiary/aromatic N) is 10. The van der Waals surface area contributed by atoms with Crippen molar-refractivity contribution in [2.75, 3.05) is 13.7 Å². The zero-order valence-corrected chi connectivity index (χ0v) is 40.5. The molecule has 6 aromatic heterocycles. The third-order valence-electron chi connectivity index (χ3n) is 12.9. The van der Waals surface area contributed by atoms with Crippen LogP contribution in [-0.2, 0) is 36.3 Å². The van der Waals surface area contributed by atoms with Crippen molar-refractivity contribution in [2.24, 2.45) is 7.05 Å². The minimum absolute atomic E-state index is 0.143. The van der Waals surface area contributed by atoms with Gasteiger partial charge in [-0.25, -0.2) is 9.59 Å². The van der Waals surface area contributed by atoms with Crippen LogP contribution in [-0.4, -0.2) is 91.7 Å². The van der Waals surface area contributed by atoms with Crippen LogP contribution < -0.4 is 26.7 Å². The fraction of sp³-hybridized carbons (Fsp3) is 0.216. The van der Waals surface area contributed by atoms with Crippen LogP contribution in [0.4, 0.5) is 26.3 Å². The van der Waals surface area contributed by atoms with Crippen LogP contribution in [0.25, 0.3) is 77.5 Å². The number of para-hydroxylation sites is 2. The molecule has 6 heterocycles. The molecule has 384 valence electrons. The Kier molecular flexibility index (Phi) is 12.8. The Balaban J connectivity index is 0.882. The zero-order chi connectivity index (χ0) is 53.1. The number of amides is 2. The summed E-state index contributed by atoms with van der Waals surface area (Å²) in [4.78, 5) is 63.1. The molecule has 2 amide bonds. The van der Waals surface area contributed by atoms with Gasteiger partial charge in [-0.2, -0.15) is 36.5 Å². The summed E-state index contributed by atoms with van der Waals surface area (Å²) in [5.74, 6) is -1.81. The van der Waals surface area contributed by atoms with Gasteiger partial charge in [0.2, 0.25) is 11.8 Å². The average molecular weight is 1050 g/mol. The maximum absolute atomic E-state index is 14.8. The molecule has 0 radical (unpaired) electrons. The maximum atomic E-state index is 14.8. The van der Waals surface area contributed by atoms with E-state index in [0.29, 0.717) is 50.2 Å². The van der Waals surface area contributed by atoms with Gasteiger partial charge >= 0.3 is 23.7 Å². The number of pyridine rings is 2. The molecule has 10 rings (SSSR count). The van der Waals surface area contributed by atoms with Gasteiger partial charge in [-0.05, 0) is 78.6 Å². The first-order chi connectivity index (χ1) is 35.8. The number of alkyl halides is 6. The smallest absolute Gasteiger partial charge is 0.408 e. The van der Waals surface area contributed by atoms with E-state index in [4.69, 9.17) is 16.3 Å². The maximum Gasteiger partial charge on any atom is 0.408 e. The Labute approximate surface area is 424 Å². The Hall–Kier alpha value is -8.73. The van der Waals surface area contributed by atoms with Gasteiger partial charge in [-0.15, -0.1) is 0 Å². The van der Waals surface area contributed by atoms with Crippen LogP contribution in [0.15, 0.2) is 126 Å². The fourth-order valence-electron chi connectivity index (χ4n) is 9.37. The molecule has 10 aromatic rings. The lowest BCUT2D eigenvalue weighted by atomic mass is 10.0. The predicted molar refractivity (Wildman–Crippen MR) is 267 cm³/mol. The summed E-state index contributed by atoms with van der Waals surface area (Å²) in [6.07, 6.45) is -0.597. The van der Waals surface area contributed by atoms with Crippen molar-refractivity contribution in [1.29, 1.82) is 0 Å². The van der Waals surface area contributed by atoms with Crippen LogP contribution in [0.3, 0.4) is 0 Å². The molecule has 1 atom stereocenters. The van der Waals surface area contributed by atoms with Crippen molar-refractivity contribution in [2.45, 2.75) is 51.4 Å². The van der Waals surface area contributed by atoms with Gasteiger partial charge in [0, 0.05) is 47.9 Å². The highest BCUT2D eigenvalue weighted by Crippen LogP contribution is 2.34. The minimum atomic E-state index is -4.90. The molecule has 0 aliphatic heterocycles. The second kappa shape index (κ2) is 19.3. The number of ether oxygens (including phenoxy) is 1. The molecule has 2 N–H and O–H groups in total. The monoisotopic (exact) mass is 1050 g/mol. The SMILES string of the molecule is COc1cccc2c1n(-c1ccc(-c3cncc4c3cnn4C)cc1)c(=O)n2CC(=O)NC(CCn1ncc2c(-c3ccc(-n4c(=O)n(CC(=O)NCC(F)(F)F)c5cccc(Cl)c54)c(C)c3)cncc21)C(F)(F)F. The number of carbonyl (C=O) groups excluding carboxylic acids is 2. The first-order valence-corrected chi connectivity index (χ1v) is 23.3. The van der Waals surface area contributed by atoms with Gasteiger partial charge in [0.15, 0.2) is 0 Å². The molecule has 0 saturated carbocycles. The van der Waals surface area contributed by atoms with E-state index in [9.17, 15) is 45.5 Å². The second-order valence-electron chi connectivity index (χ2n) is 17.6. The molecule has 0 saturated heterocycles. The zero-order valence-electron chi connectivity index (χ0n) is 39.7. The quantitative estimate of drug-likeness (QED) is 0.102. The summed E-state index contributed by atoms with van der Waals surface area (Å²) in [5, 5.41) is 14.1. The number of benzene rings is 4. The predicted octanol–water partition coefficient (Wildman–Crippen LogP) is 8.04. The highest BCUT2D eigenvalue weighted by molar-refractivity contribution is 6.35. The van der Waals surface area contributed by atoms with Gasteiger partial charge in [0.25, 0.3) is 0 Å². The Morgan fingerprint density at radius 1 is 0.707 bits per heavy atom. The molecule has 1 unspecified atom stereocenters. The van der Waals surface area contributed by atoms with E-state index in [1.807, 2.05) is 7.05 Å². The van der Waals surface area contributed by atoms with E-state index in [2.05, 4.69) is 25.5 Å². The molecule has 0 aliphatic carbocycles. The van der Waals surface area contributed by atoms with Crippen LogP contribution >= 0.6 is 11.6 Å². The molecular formula is C51H41ClF6N12O5. The standard InChI is InChI=1S/C51H41ClF6N12O5/c1-28-18-30(12-15-37(28)70-46-36(52)6-4-7-38(46)66(49(70)74)25-44(71)61-27-50(53,54)55)33-20-60-24-41-35(33)22-63-68(41)17-16-43(51(56,57)58)64-45(72)26-67-39-8-5-9-42(75-3)47(39)69(48(67)73)31-13-10-29(11-14-31)32-19-59-23-40-34(32)21-62-65(40)2/h4-15,18-24,43H,16-17,25-27H2,1-3H3,(H,61,71)(H,64,72). The van der Waals surface area contributed by atoms with Crippen LogP contribution in [0.5, 0.6) is 5.75 Å². The Morgan fingerprint density at radius 3 is 2.00 bits per heavy atom. The van der Waals surface area contributed by atoms with Crippen molar-refractivity contribution in [3.63, 3.8) is 0 Å². The van der Waals surface area contributed by atoms with E-state index in [1.165, 1.54) is 51.5 Å². The van der Waals surface area contributed by atoms with Crippen LogP contribution in [0, 0.1) is 6.92 Å². The molecule has 17 nitrogen and oxygen atoms in total. The normalized spacial score (nSPS) is 12.6. The molecule has 75 heavy (non-hydrogen) atoms. The second-order valence-corrected chi connectivity index (χ2v) is 18.0. The molecule has 24 heteroatoms. The summed E-state index contributed by atoms with van der Waals surface area (Å²) in [7, 11) is 3.22. The fourth-order valence-corrected chi connectivity index (χ4v) is 9.63. The van der Waals surface area contributed by atoms with Crippen molar-refractivity contribution in [1.82, 2.24) is 58.4 Å². The number of imidazole rings is 2. The van der Waals surface area contributed by atoms with Gasteiger partial charge in [-0.1, -0.05) is 41.9 Å². The van der Waals surface area contributed by atoms with E-state index >= 15 is 0 Å². The summed E-state index contributed by atoms with van der Waals surface area (Å²) in [6.45, 7) is -1.64. The van der Waals surface area contributed by atoms with Gasteiger partial charge in [0.1, 0.15) is 36.9 Å². The Morgan fingerprint density at radius 2 is 1.32 bits per heavy atom. The van der Waals surface area contributed by atoms with E-state index in [0.717, 1.165) is 31.2 Å². The number of carbonyl (C=O) groups is 2. The van der Waals surface area contributed by atoms with Crippen LogP contribution in [0.1, 0.15) is 12.0 Å². The molecule has 0 aliphatic rings. The number of halogens is 7. The highest BCUT2D eigenvalue weighted by atomic mass is 35.5. The third kappa shape index (κ3) is 9.34. The van der Waals surface area contributed by atoms with Crippen molar-refractivity contribution < 1.29 is 40.7 Å². The number of methoxy groups -OCH3 is 1. The summed E-state index contributed by atoms with van der Waals surface area (Å²) < 4.78 is 96.1. The van der Waals surface area contributed by atoms with Gasteiger partial charge in [0.05, 0.1) is 75.9 Å². The number of fused-ring (bicyclic) bond motifs is 4. The van der Waals surface area contributed by atoms with E-state index in [-0.39, 0.29) is 28.1 Å². The average Bonchev–Trinajstić information content (AvgIpc) is 4.13. The Bertz CT molecular complexity index is 4000. The first-order valence-electron chi connectivity index (χ1n) is 23.0. The number of aromatic nitrogens is 10. The molecular weight excluding hydrogens is 1010 g/mol. The van der Waals surface area contributed by atoms with Crippen molar-refractivity contribution >= 4 is 67.3 Å². The van der Waals surface area contributed by atoms with Gasteiger partial charge < -0.3 is 15.4 Å². The number of rotatable bonds is 14. The number of aryl methyl sites for hydroxylation is 3. The first kappa shape index (κ1) is 49.8. The lowest BCUT2D eigenvalue weighted by Gasteiger charge is -2.22. The molecule has 4 aromatic carbocycles. The number of nitrogens with one attached hydrogen (secondary N) is 2. The highest BCUT2D eigenvalue weighted by Gasteiger charge is 2.41. The number of hydrogen-bond acceptors (Lipinski definition) is 9. The lowest BCUT2D eigenvalue weighted by Crippen LogP contribution is -2.47. The number of hydrogen-bond donors (Lipinski definition) is 2. The summed E-state index contributed by atoms with van der Waals surface area (Å²) >= 11 is 6.57. The molecule has 0 spiro atoms.